The number of para-hydroxylation sites is 1. The highest BCUT2D eigenvalue weighted by Crippen LogP contribution is 2.35. The smallest absolute Gasteiger partial charge is 0.352 e. The Kier molecular flexibility index (Phi) is 4.97. The Hall–Kier alpha value is -2.83. The SMILES string of the molecule is C=CC(=O)NCC1Cc2ccccc2N(c2ccc(C(F)(F)F)cn2)C1. The molecule has 1 aromatic heterocycles. The van der Waals surface area contributed by atoms with Crippen molar-refractivity contribution in [3.8, 4) is 0 Å². The van der Waals surface area contributed by atoms with Gasteiger partial charge in [0.15, 0.2) is 0 Å². The summed E-state index contributed by atoms with van der Waals surface area (Å²) >= 11 is 0. The Morgan fingerprint density at radius 3 is 2.73 bits per heavy atom. The maximum absolute atomic E-state index is 12.8. The van der Waals surface area contributed by atoms with Crippen molar-refractivity contribution >= 4 is 17.4 Å². The van der Waals surface area contributed by atoms with Gasteiger partial charge in [-0.2, -0.15) is 13.2 Å². The number of nitrogens with one attached hydrogen (secondary N) is 1. The molecule has 1 N–H and O–H groups in total. The second kappa shape index (κ2) is 7.19. The van der Waals surface area contributed by atoms with E-state index in [-0.39, 0.29) is 11.8 Å². The van der Waals surface area contributed by atoms with Gasteiger partial charge in [-0.1, -0.05) is 24.8 Å². The van der Waals surface area contributed by atoms with E-state index < -0.39 is 11.7 Å². The number of nitrogens with zero attached hydrogens (tertiary/aromatic N) is 2. The van der Waals surface area contributed by atoms with Crippen LogP contribution >= 0.6 is 0 Å². The van der Waals surface area contributed by atoms with Crippen molar-refractivity contribution in [2.75, 3.05) is 18.0 Å². The van der Waals surface area contributed by atoms with Crippen LogP contribution in [0, 0.1) is 5.92 Å². The molecule has 1 atom stereocenters. The minimum Gasteiger partial charge on any atom is -0.352 e. The highest BCUT2D eigenvalue weighted by atomic mass is 19.4. The lowest BCUT2D eigenvalue weighted by molar-refractivity contribution is -0.137. The second-order valence-electron chi connectivity index (χ2n) is 6.16. The molecule has 3 rings (SSSR count). The van der Waals surface area contributed by atoms with Crippen LogP contribution in [-0.4, -0.2) is 24.0 Å². The molecular weight excluding hydrogens is 343 g/mol. The zero-order valence-corrected chi connectivity index (χ0v) is 14.0. The van der Waals surface area contributed by atoms with Crippen LogP contribution in [0.2, 0.25) is 0 Å². The maximum atomic E-state index is 12.8. The van der Waals surface area contributed by atoms with E-state index >= 15 is 0 Å². The third kappa shape index (κ3) is 3.87. The number of rotatable bonds is 4. The van der Waals surface area contributed by atoms with Crippen LogP contribution in [0.4, 0.5) is 24.7 Å². The van der Waals surface area contributed by atoms with Gasteiger partial charge in [-0.15, -0.1) is 0 Å². The summed E-state index contributed by atoms with van der Waals surface area (Å²) in [5.41, 5.74) is 1.21. The third-order valence-corrected chi connectivity index (χ3v) is 4.33. The van der Waals surface area contributed by atoms with Gasteiger partial charge < -0.3 is 10.2 Å². The molecule has 2 aromatic rings. The van der Waals surface area contributed by atoms with Crippen LogP contribution in [0.5, 0.6) is 0 Å². The fourth-order valence-corrected chi connectivity index (χ4v) is 3.06. The fourth-order valence-electron chi connectivity index (χ4n) is 3.06. The third-order valence-electron chi connectivity index (χ3n) is 4.33. The number of amides is 1. The molecule has 0 aliphatic carbocycles. The lowest BCUT2D eigenvalue weighted by atomic mass is 9.92. The van der Waals surface area contributed by atoms with Crippen LogP contribution in [0.3, 0.4) is 0 Å². The highest BCUT2D eigenvalue weighted by molar-refractivity contribution is 5.86. The van der Waals surface area contributed by atoms with Crippen LogP contribution in [-0.2, 0) is 17.4 Å². The lowest BCUT2D eigenvalue weighted by Crippen LogP contribution is -2.39. The van der Waals surface area contributed by atoms with Crippen LogP contribution in [0.25, 0.3) is 0 Å². The molecule has 1 aromatic carbocycles. The van der Waals surface area contributed by atoms with Crippen LogP contribution in [0.15, 0.2) is 55.3 Å². The molecule has 0 saturated carbocycles. The largest absolute Gasteiger partial charge is 0.417 e. The van der Waals surface area contributed by atoms with Crippen molar-refractivity contribution in [2.45, 2.75) is 12.6 Å². The molecule has 7 heteroatoms. The number of hydrogen-bond donors (Lipinski definition) is 1. The summed E-state index contributed by atoms with van der Waals surface area (Å²) in [4.78, 5) is 17.3. The molecule has 0 radical (unpaired) electrons. The number of carbonyl (C=O) groups excluding carboxylic acids is 1. The summed E-state index contributed by atoms with van der Waals surface area (Å²) in [5, 5.41) is 2.78. The molecule has 0 saturated heterocycles. The Labute approximate surface area is 149 Å². The highest BCUT2D eigenvalue weighted by Gasteiger charge is 2.32. The molecule has 1 aliphatic rings. The summed E-state index contributed by atoms with van der Waals surface area (Å²) in [7, 11) is 0. The first-order chi connectivity index (χ1) is 12.4. The van der Waals surface area contributed by atoms with Crippen molar-refractivity contribution in [1.82, 2.24) is 10.3 Å². The van der Waals surface area contributed by atoms with E-state index in [1.165, 1.54) is 12.1 Å². The Morgan fingerprint density at radius 2 is 2.08 bits per heavy atom. The molecule has 1 amide bonds. The molecule has 1 unspecified atom stereocenters. The van der Waals surface area contributed by atoms with Gasteiger partial charge in [-0.05, 0) is 42.2 Å². The van der Waals surface area contributed by atoms with Gasteiger partial charge in [0.25, 0.3) is 0 Å². The van der Waals surface area contributed by atoms with Crippen LogP contribution in [0.1, 0.15) is 11.1 Å². The van der Waals surface area contributed by atoms with E-state index in [0.29, 0.717) is 18.9 Å². The van der Waals surface area contributed by atoms with Gasteiger partial charge >= 0.3 is 6.18 Å². The summed E-state index contributed by atoms with van der Waals surface area (Å²) in [6.45, 7) is 4.43. The number of fused-ring (bicyclic) bond motifs is 1. The Bertz CT molecular complexity index is 802. The second-order valence-corrected chi connectivity index (χ2v) is 6.16. The van der Waals surface area contributed by atoms with Crippen molar-refractivity contribution in [2.24, 2.45) is 5.92 Å². The monoisotopic (exact) mass is 361 g/mol. The number of benzene rings is 1. The zero-order chi connectivity index (χ0) is 18.7. The molecular formula is C19H18F3N3O. The Morgan fingerprint density at radius 1 is 1.31 bits per heavy atom. The van der Waals surface area contributed by atoms with Gasteiger partial charge in [0.2, 0.25) is 5.91 Å². The number of anilines is 2. The predicted octanol–water partition coefficient (Wildman–Crippen LogP) is 3.71. The fraction of sp³-hybridized carbons (Fsp3) is 0.263. The number of pyridine rings is 1. The van der Waals surface area contributed by atoms with Gasteiger partial charge in [-0.25, -0.2) is 4.98 Å². The maximum Gasteiger partial charge on any atom is 0.417 e. The van der Waals surface area contributed by atoms with Crippen molar-refractivity contribution in [1.29, 1.82) is 0 Å². The van der Waals surface area contributed by atoms with E-state index in [2.05, 4.69) is 16.9 Å². The molecule has 2 heterocycles. The number of alkyl halides is 3. The van der Waals surface area contributed by atoms with E-state index in [1.54, 1.807) is 0 Å². The first-order valence-electron chi connectivity index (χ1n) is 8.17. The van der Waals surface area contributed by atoms with E-state index in [0.717, 1.165) is 29.9 Å². The van der Waals surface area contributed by atoms with Gasteiger partial charge in [0.05, 0.1) is 5.56 Å². The predicted molar refractivity (Wildman–Crippen MR) is 93.1 cm³/mol. The lowest BCUT2D eigenvalue weighted by Gasteiger charge is -2.35. The summed E-state index contributed by atoms with van der Waals surface area (Å²) in [6, 6.07) is 10.1. The van der Waals surface area contributed by atoms with Crippen molar-refractivity contribution < 1.29 is 18.0 Å². The minimum atomic E-state index is -4.41. The number of aromatic nitrogens is 1. The molecule has 26 heavy (non-hydrogen) atoms. The average molecular weight is 361 g/mol. The van der Waals surface area contributed by atoms with Gasteiger partial charge in [0.1, 0.15) is 5.82 Å². The summed E-state index contributed by atoms with van der Waals surface area (Å²) < 4.78 is 38.3. The first kappa shape index (κ1) is 18.0. The zero-order valence-electron chi connectivity index (χ0n) is 14.0. The van der Waals surface area contributed by atoms with Crippen molar-refractivity contribution in [3.63, 3.8) is 0 Å². The van der Waals surface area contributed by atoms with E-state index in [1.807, 2.05) is 29.2 Å². The average Bonchev–Trinajstić information content (AvgIpc) is 2.64. The van der Waals surface area contributed by atoms with Gasteiger partial charge in [-0.3, -0.25) is 4.79 Å². The molecule has 0 fully saturated rings. The first-order valence-corrected chi connectivity index (χ1v) is 8.17. The molecule has 0 bridgehead atoms. The Balaban J connectivity index is 1.87. The minimum absolute atomic E-state index is 0.109. The molecule has 0 spiro atoms. The standard InChI is InChI=1S/C19H18F3N3O/c1-2-18(26)24-10-13-9-14-5-3-4-6-16(14)25(12-13)17-8-7-15(11-23-17)19(20,21)22/h2-8,11,13H,1,9-10,12H2,(H,24,26). The molecule has 4 nitrogen and oxygen atoms in total. The summed E-state index contributed by atoms with van der Waals surface area (Å²) in [5.74, 6) is 0.311. The topological polar surface area (TPSA) is 45.2 Å². The summed E-state index contributed by atoms with van der Waals surface area (Å²) in [6.07, 6.45) is -1.58. The van der Waals surface area contributed by atoms with Crippen LogP contribution < -0.4 is 10.2 Å². The van der Waals surface area contributed by atoms with Gasteiger partial charge in [0, 0.05) is 25.0 Å². The molecule has 1 aliphatic heterocycles. The van der Waals surface area contributed by atoms with Crippen molar-refractivity contribution in [3.05, 3.63) is 66.4 Å². The normalized spacial score (nSPS) is 16.7. The van der Waals surface area contributed by atoms with E-state index in [4.69, 9.17) is 0 Å². The number of halogens is 3. The quantitative estimate of drug-likeness (QED) is 0.845. The molecule has 136 valence electrons. The van der Waals surface area contributed by atoms with E-state index in [9.17, 15) is 18.0 Å². The number of hydrogen-bond acceptors (Lipinski definition) is 3. The number of carbonyl (C=O) groups is 1.